The van der Waals surface area contributed by atoms with Crippen LogP contribution >= 0.6 is 23.2 Å². The van der Waals surface area contributed by atoms with Gasteiger partial charge in [0.05, 0.1) is 6.61 Å². The molecule has 3 aromatic carbocycles. The number of carbonyl (C=O) groups excluding carboxylic acids is 1. The van der Waals surface area contributed by atoms with Crippen LogP contribution in [0.15, 0.2) is 66.7 Å². The maximum Gasteiger partial charge on any atom is 0.416 e. The molecule has 0 spiro atoms. The lowest BCUT2D eigenvalue weighted by Crippen LogP contribution is -2.42. The topological polar surface area (TPSA) is 66.6 Å². The van der Waals surface area contributed by atoms with Gasteiger partial charge in [-0.1, -0.05) is 48.2 Å². The van der Waals surface area contributed by atoms with Gasteiger partial charge >= 0.3 is 6.09 Å². The third-order valence-corrected chi connectivity index (χ3v) is 8.40. The van der Waals surface area contributed by atoms with Crippen LogP contribution in [0.3, 0.4) is 0 Å². The van der Waals surface area contributed by atoms with Crippen molar-refractivity contribution in [3.63, 3.8) is 0 Å². The molecule has 8 heteroatoms. The van der Waals surface area contributed by atoms with Gasteiger partial charge < -0.3 is 19.8 Å². The van der Waals surface area contributed by atoms with E-state index in [9.17, 15) is 4.79 Å². The minimum atomic E-state index is -0.412. The summed E-state index contributed by atoms with van der Waals surface area (Å²) in [5.74, 6) is 1.27. The quantitative estimate of drug-likeness (QED) is 0.209. The van der Waals surface area contributed by atoms with Crippen molar-refractivity contribution < 1.29 is 14.3 Å². The molecule has 1 saturated carbocycles. The smallest absolute Gasteiger partial charge is 0.416 e. The highest BCUT2D eigenvalue weighted by Crippen LogP contribution is 2.40. The van der Waals surface area contributed by atoms with Crippen LogP contribution in [0.4, 0.5) is 4.79 Å². The lowest BCUT2D eigenvalue weighted by atomic mass is 9.92. The average molecular weight is 579 g/mol. The summed E-state index contributed by atoms with van der Waals surface area (Å²) in [6, 6.07) is 21.0. The molecule has 2 N–H and O–H groups in total. The number of nitrogens with one attached hydrogen (secondary N) is 2. The minimum absolute atomic E-state index is 0.348. The number of H-pyrrole nitrogens is 1. The second kappa shape index (κ2) is 12.1. The molecule has 1 aliphatic carbocycles. The van der Waals surface area contributed by atoms with Crippen LogP contribution in [0.5, 0.6) is 11.5 Å². The lowest BCUT2D eigenvalue weighted by molar-refractivity contribution is 0.135. The SMILES string of the molecule is O=C(Oc1ccc(Cl)cc1)N1CCc2c([nH]c3ccc(Cl)cc23)[C@@H]1c1ccc(OCCCNC2CCCC2)cc1. The van der Waals surface area contributed by atoms with E-state index >= 15 is 0 Å². The van der Waals surface area contributed by atoms with Gasteiger partial charge in [-0.25, -0.2) is 4.79 Å². The van der Waals surface area contributed by atoms with E-state index in [1.807, 2.05) is 42.5 Å². The van der Waals surface area contributed by atoms with E-state index in [-0.39, 0.29) is 6.04 Å². The van der Waals surface area contributed by atoms with Crippen LogP contribution in [0.2, 0.25) is 10.0 Å². The first kappa shape index (κ1) is 27.0. The molecule has 40 heavy (non-hydrogen) atoms. The maximum atomic E-state index is 13.5. The van der Waals surface area contributed by atoms with E-state index in [2.05, 4.69) is 10.3 Å². The number of amides is 1. The Labute approximate surface area is 244 Å². The summed E-state index contributed by atoms with van der Waals surface area (Å²) in [6.07, 6.45) is 6.50. The summed E-state index contributed by atoms with van der Waals surface area (Å²) in [6.45, 7) is 2.15. The number of hydrogen-bond acceptors (Lipinski definition) is 4. The molecule has 6 rings (SSSR count). The first-order valence-corrected chi connectivity index (χ1v) is 14.8. The van der Waals surface area contributed by atoms with E-state index in [4.69, 9.17) is 32.7 Å². The highest BCUT2D eigenvalue weighted by atomic mass is 35.5. The molecule has 0 radical (unpaired) electrons. The predicted octanol–water partition coefficient (Wildman–Crippen LogP) is 7.92. The van der Waals surface area contributed by atoms with Gasteiger partial charge in [0.1, 0.15) is 17.5 Å². The molecule has 2 aliphatic rings. The fourth-order valence-corrected chi connectivity index (χ4v) is 6.21. The third-order valence-electron chi connectivity index (χ3n) is 7.92. The number of nitrogens with zero attached hydrogens (tertiary/aromatic N) is 1. The highest BCUT2D eigenvalue weighted by Gasteiger charge is 2.35. The van der Waals surface area contributed by atoms with Gasteiger partial charge in [-0.15, -0.1) is 0 Å². The second-order valence-electron chi connectivity index (χ2n) is 10.6. The Morgan fingerprint density at radius 2 is 1.68 bits per heavy atom. The van der Waals surface area contributed by atoms with Crippen LogP contribution < -0.4 is 14.8 Å². The molecule has 1 amide bonds. The van der Waals surface area contributed by atoms with Gasteiger partial charge in [-0.2, -0.15) is 0 Å². The summed E-state index contributed by atoms with van der Waals surface area (Å²) in [5, 5.41) is 6.00. The number of ether oxygens (including phenoxy) is 2. The number of hydrogen-bond donors (Lipinski definition) is 2. The number of halogens is 2. The predicted molar refractivity (Wildman–Crippen MR) is 160 cm³/mol. The van der Waals surface area contributed by atoms with Crippen molar-refractivity contribution in [2.45, 2.75) is 50.6 Å². The van der Waals surface area contributed by atoms with E-state index in [1.165, 1.54) is 31.2 Å². The largest absolute Gasteiger partial charge is 0.494 e. The van der Waals surface area contributed by atoms with E-state index < -0.39 is 6.09 Å². The highest BCUT2D eigenvalue weighted by molar-refractivity contribution is 6.31. The molecule has 4 aromatic rings. The summed E-state index contributed by atoms with van der Waals surface area (Å²) in [7, 11) is 0. The van der Waals surface area contributed by atoms with Crippen molar-refractivity contribution in [2.75, 3.05) is 19.7 Å². The first-order chi connectivity index (χ1) is 19.5. The minimum Gasteiger partial charge on any atom is -0.494 e. The van der Waals surface area contributed by atoms with Crippen LogP contribution in [-0.4, -0.2) is 41.7 Å². The molecule has 208 valence electrons. The summed E-state index contributed by atoms with van der Waals surface area (Å²) in [5.41, 5.74) is 4.12. The molecular weight excluding hydrogens is 545 g/mol. The molecule has 0 saturated heterocycles. The maximum absolute atomic E-state index is 13.5. The summed E-state index contributed by atoms with van der Waals surface area (Å²) in [4.78, 5) is 18.8. The van der Waals surface area contributed by atoms with Gasteiger partial charge in [0.15, 0.2) is 0 Å². The Bertz CT molecular complexity index is 1460. The Morgan fingerprint density at radius 3 is 2.45 bits per heavy atom. The number of aromatic amines is 1. The average Bonchev–Trinajstić information content (AvgIpc) is 3.62. The number of carbonyl (C=O) groups is 1. The van der Waals surface area contributed by atoms with E-state index in [0.717, 1.165) is 40.9 Å². The van der Waals surface area contributed by atoms with Crippen molar-refractivity contribution in [1.29, 1.82) is 0 Å². The first-order valence-electron chi connectivity index (χ1n) is 14.1. The van der Waals surface area contributed by atoms with E-state index in [1.54, 1.807) is 29.2 Å². The monoisotopic (exact) mass is 577 g/mol. The number of aromatic nitrogens is 1. The van der Waals surface area contributed by atoms with Crippen LogP contribution in [0, 0.1) is 0 Å². The fourth-order valence-electron chi connectivity index (χ4n) is 5.91. The Kier molecular flexibility index (Phi) is 8.19. The molecule has 1 aliphatic heterocycles. The molecule has 6 nitrogen and oxygen atoms in total. The zero-order valence-electron chi connectivity index (χ0n) is 22.3. The van der Waals surface area contributed by atoms with Crippen LogP contribution in [-0.2, 0) is 6.42 Å². The summed E-state index contributed by atoms with van der Waals surface area (Å²) < 4.78 is 11.8. The second-order valence-corrected chi connectivity index (χ2v) is 11.5. The molecular formula is C32H33Cl2N3O3. The van der Waals surface area contributed by atoms with Gasteiger partial charge in [0.25, 0.3) is 0 Å². The van der Waals surface area contributed by atoms with Crippen molar-refractivity contribution in [3.05, 3.63) is 93.6 Å². The number of rotatable bonds is 8. The Hall–Kier alpha value is -3.19. The molecule has 0 bridgehead atoms. The van der Waals surface area contributed by atoms with Gasteiger partial charge in [-0.05, 0) is 98.0 Å². The molecule has 1 aromatic heterocycles. The third kappa shape index (κ3) is 5.95. The molecule has 1 atom stereocenters. The fraction of sp³-hybridized carbons (Fsp3) is 0.344. The van der Waals surface area contributed by atoms with Gasteiger partial charge in [0.2, 0.25) is 0 Å². The van der Waals surface area contributed by atoms with Gasteiger partial charge in [-0.3, -0.25) is 4.90 Å². The van der Waals surface area contributed by atoms with Crippen LogP contribution in [0.25, 0.3) is 10.9 Å². The Morgan fingerprint density at radius 1 is 0.950 bits per heavy atom. The number of fused-ring (bicyclic) bond motifs is 3. The van der Waals surface area contributed by atoms with Gasteiger partial charge in [0, 0.05) is 39.2 Å². The normalized spacial score (nSPS) is 17.2. The van der Waals surface area contributed by atoms with Crippen LogP contribution in [0.1, 0.15) is 55.0 Å². The van der Waals surface area contributed by atoms with Crippen molar-refractivity contribution >= 4 is 40.2 Å². The Balaban J connectivity index is 1.21. The zero-order valence-corrected chi connectivity index (χ0v) is 23.8. The lowest BCUT2D eigenvalue weighted by Gasteiger charge is -2.35. The standard InChI is InChI=1S/C32H33Cl2N3O3/c33-22-8-13-26(14-9-22)40-32(38)37-18-16-27-28-20-23(34)10-15-29(28)36-30(27)31(37)21-6-11-25(12-7-21)39-19-3-17-35-24-4-1-2-5-24/h6-15,20,24,31,35-36H,1-5,16-19H2/t31-/m0/s1. The molecule has 0 unspecified atom stereocenters. The van der Waals surface area contributed by atoms with Crippen molar-refractivity contribution in [1.82, 2.24) is 15.2 Å². The number of benzene rings is 3. The van der Waals surface area contributed by atoms with E-state index in [0.29, 0.717) is 41.4 Å². The van der Waals surface area contributed by atoms with Crippen molar-refractivity contribution in [2.24, 2.45) is 0 Å². The summed E-state index contributed by atoms with van der Waals surface area (Å²) >= 11 is 12.4. The van der Waals surface area contributed by atoms with Crippen molar-refractivity contribution in [3.8, 4) is 11.5 Å². The zero-order chi connectivity index (χ0) is 27.5. The molecule has 2 heterocycles. The molecule has 1 fully saturated rings.